The monoisotopic (exact) mass is 342 g/mol. The van der Waals surface area contributed by atoms with Crippen molar-refractivity contribution in [3.63, 3.8) is 0 Å². The molecule has 5 nitrogen and oxygen atoms in total. The molecule has 3 rings (SSSR count). The predicted octanol–water partition coefficient (Wildman–Crippen LogP) is 3.32. The van der Waals surface area contributed by atoms with E-state index in [0.717, 1.165) is 0 Å². The molecular weight excluding hydrogens is 328 g/mol. The lowest BCUT2D eigenvalue weighted by Crippen LogP contribution is -2.11. The summed E-state index contributed by atoms with van der Waals surface area (Å²) in [4.78, 5) is 24.8. The molecule has 0 amide bonds. The number of hydrogen-bond acceptors (Lipinski definition) is 4. The molecule has 3 aromatic rings. The van der Waals surface area contributed by atoms with Crippen LogP contribution in [-0.2, 0) is 16.0 Å². The summed E-state index contributed by atoms with van der Waals surface area (Å²) in [6, 6.07) is 12.1. The summed E-state index contributed by atoms with van der Waals surface area (Å²) in [5, 5.41) is 4.92. The number of fused-ring (bicyclic) bond motifs is 1. The molecule has 0 unspecified atom stereocenters. The topological polar surface area (TPSA) is 60.7 Å². The third kappa shape index (κ3) is 3.16. The molecule has 0 aliphatic heterocycles. The number of carbonyl (C=O) groups excluding carboxylic acids is 2. The van der Waals surface area contributed by atoms with Crippen LogP contribution in [0.25, 0.3) is 5.52 Å². The van der Waals surface area contributed by atoms with Gasteiger partial charge in [-0.1, -0.05) is 17.7 Å². The van der Waals surface area contributed by atoms with Gasteiger partial charge in [0.1, 0.15) is 0 Å². The highest BCUT2D eigenvalue weighted by Gasteiger charge is 2.23. The van der Waals surface area contributed by atoms with Crippen molar-refractivity contribution in [2.45, 2.75) is 13.3 Å². The van der Waals surface area contributed by atoms with Crippen LogP contribution in [0.15, 0.2) is 48.7 Å². The molecule has 6 heteroatoms. The number of aromatic nitrogens is 2. The van der Waals surface area contributed by atoms with Gasteiger partial charge < -0.3 is 4.74 Å². The average molecular weight is 343 g/mol. The zero-order chi connectivity index (χ0) is 17.1. The van der Waals surface area contributed by atoms with Crippen molar-refractivity contribution < 1.29 is 14.3 Å². The van der Waals surface area contributed by atoms with Crippen molar-refractivity contribution >= 4 is 28.9 Å². The first-order chi connectivity index (χ1) is 11.6. The predicted molar refractivity (Wildman–Crippen MR) is 90.4 cm³/mol. The first kappa shape index (κ1) is 16.2. The fourth-order valence-electron chi connectivity index (χ4n) is 2.51. The van der Waals surface area contributed by atoms with Gasteiger partial charge in [-0.05, 0) is 43.3 Å². The number of nitrogens with zero attached hydrogens (tertiary/aromatic N) is 2. The average Bonchev–Trinajstić information content (AvgIpc) is 2.92. The standard InChI is InChI=1S/C18H15ClN2O3/c1-2-24-16(22)11-14-17(15-5-3-4-10-21(15)20-14)18(23)12-6-8-13(19)9-7-12/h3-10H,2,11H2,1H3. The Labute approximate surface area is 143 Å². The van der Waals surface area contributed by atoms with Gasteiger partial charge >= 0.3 is 5.97 Å². The number of halogens is 1. The molecule has 0 saturated heterocycles. The van der Waals surface area contributed by atoms with E-state index in [-0.39, 0.29) is 18.8 Å². The molecule has 0 aliphatic rings. The van der Waals surface area contributed by atoms with Crippen molar-refractivity contribution in [3.05, 3.63) is 70.5 Å². The minimum atomic E-state index is -0.411. The highest BCUT2D eigenvalue weighted by atomic mass is 35.5. The SMILES string of the molecule is CCOC(=O)Cc1nn2ccccc2c1C(=O)c1ccc(Cl)cc1. The van der Waals surface area contributed by atoms with Crippen LogP contribution in [-0.4, -0.2) is 28.0 Å². The fourth-order valence-corrected chi connectivity index (χ4v) is 2.64. The number of carbonyl (C=O) groups is 2. The molecule has 0 spiro atoms. The summed E-state index contributed by atoms with van der Waals surface area (Å²) in [5.41, 5.74) is 1.95. The number of rotatable bonds is 5. The van der Waals surface area contributed by atoms with E-state index >= 15 is 0 Å². The molecule has 0 radical (unpaired) electrons. The first-order valence-corrected chi connectivity index (χ1v) is 7.90. The molecular formula is C18H15ClN2O3. The Morgan fingerprint density at radius 2 is 1.92 bits per heavy atom. The maximum Gasteiger partial charge on any atom is 0.311 e. The van der Waals surface area contributed by atoms with Crippen molar-refractivity contribution in [2.24, 2.45) is 0 Å². The van der Waals surface area contributed by atoms with E-state index < -0.39 is 5.97 Å². The summed E-state index contributed by atoms with van der Waals surface area (Å²) in [7, 11) is 0. The molecule has 122 valence electrons. The van der Waals surface area contributed by atoms with Gasteiger partial charge in [-0.25, -0.2) is 4.52 Å². The lowest BCUT2D eigenvalue weighted by molar-refractivity contribution is -0.142. The van der Waals surface area contributed by atoms with E-state index in [1.807, 2.05) is 12.1 Å². The summed E-state index contributed by atoms with van der Waals surface area (Å²) < 4.78 is 6.58. The van der Waals surface area contributed by atoms with E-state index in [0.29, 0.717) is 27.4 Å². The summed E-state index contributed by atoms with van der Waals surface area (Å²) in [6.07, 6.45) is 1.69. The number of hydrogen-bond donors (Lipinski definition) is 0. The fraction of sp³-hybridized carbons (Fsp3) is 0.167. The van der Waals surface area contributed by atoms with E-state index in [4.69, 9.17) is 16.3 Å². The Balaban J connectivity index is 2.08. The van der Waals surface area contributed by atoms with Crippen LogP contribution < -0.4 is 0 Å². The van der Waals surface area contributed by atoms with Crippen molar-refractivity contribution in [3.8, 4) is 0 Å². The second-order valence-corrected chi connectivity index (χ2v) is 5.61. The van der Waals surface area contributed by atoms with E-state index in [1.165, 1.54) is 0 Å². The van der Waals surface area contributed by atoms with Crippen LogP contribution in [0.4, 0.5) is 0 Å². The highest BCUT2D eigenvalue weighted by molar-refractivity contribution is 6.30. The molecule has 0 N–H and O–H groups in total. The van der Waals surface area contributed by atoms with Crippen molar-refractivity contribution in [1.29, 1.82) is 0 Å². The lowest BCUT2D eigenvalue weighted by atomic mass is 10.0. The Morgan fingerprint density at radius 3 is 2.62 bits per heavy atom. The van der Waals surface area contributed by atoms with Gasteiger partial charge in [-0.15, -0.1) is 0 Å². The molecule has 24 heavy (non-hydrogen) atoms. The molecule has 1 aromatic carbocycles. The molecule has 0 atom stereocenters. The van der Waals surface area contributed by atoms with Crippen LogP contribution in [0, 0.1) is 0 Å². The van der Waals surface area contributed by atoms with E-state index in [2.05, 4.69) is 5.10 Å². The molecule has 0 fully saturated rings. The van der Waals surface area contributed by atoms with Gasteiger partial charge in [0.2, 0.25) is 0 Å². The number of ether oxygens (including phenoxy) is 1. The van der Waals surface area contributed by atoms with Crippen LogP contribution >= 0.6 is 11.6 Å². The molecule has 0 aliphatic carbocycles. The quantitative estimate of drug-likeness (QED) is 0.527. The lowest BCUT2D eigenvalue weighted by Gasteiger charge is -2.04. The zero-order valence-electron chi connectivity index (χ0n) is 13.0. The molecule has 2 heterocycles. The maximum absolute atomic E-state index is 12.9. The summed E-state index contributed by atoms with van der Waals surface area (Å²) >= 11 is 5.88. The van der Waals surface area contributed by atoms with Crippen LogP contribution in [0.1, 0.15) is 28.5 Å². The number of benzene rings is 1. The third-order valence-electron chi connectivity index (χ3n) is 3.56. The number of ketones is 1. The first-order valence-electron chi connectivity index (χ1n) is 7.52. The smallest absolute Gasteiger partial charge is 0.311 e. The number of pyridine rings is 1. The molecule has 0 saturated carbocycles. The van der Waals surface area contributed by atoms with Crippen molar-refractivity contribution in [1.82, 2.24) is 9.61 Å². The normalized spacial score (nSPS) is 10.8. The largest absolute Gasteiger partial charge is 0.466 e. The Morgan fingerprint density at radius 1 is 1.17 bits per heavy atom. The number of esters is 1. The molecule has 0 bridgehead atoms. The third-order valence-corrected chi connectivity index (χ3v) is 3.82. The summed E-state index contributed by atoms with van der Waals surface area (Å²) in [5.74, 6) is -0.613. The van der Waals surface area contributed by atoms with Crippen molar-refractivity contribution in [2.75, 3.05) is 6.61 Å². The van der Waals surface area contributed by atoms with Gasteiger partial charge in [-0.3, -0.25) is 9.59 Å². The second-order valence-electron chi connectivity index (χ2n) is 5.17. The van der Waals surface area contributed by atoms with E-state index in [9.17, 15) is 9.59 Å². The molecule has 2 aromatic heterocycles. The van der Waals surface area contributed by atoms with Crippen LogP contribution in [0.2, 0.25) is 5.02 Å². The zero-order valence-corrected chi connectivity index (χ0v) is 13.8. The van der Waals surface area contributed by atoms with E-state index in [1.54, 1.807) is 48.0 Å². The maximum atomic E-state index is 12.9. The van der Waals surface area contributed by atoms with Gasteiger partial charge in [0.25, 0.3) is 0 Å². The van der Waals surface area contributed by atoms with Gasteiger partial charge in [-0.2, -0.15) is 5.10 Å². The van der Waals surface area contributed by atoms with Gasteiger partial charge in [0.15, 0.2) is 5.78 Å². The second kappa shape index (κ2) is 6.84. The van der Waals surface area contributed by atoms with Crippen LogP contribution in [0.3, 0.4) is 0 Å². The van der Waals surface area contributed by atoms with Crippen LogP contribution in [0.5, 0.6) is 0 Å². The Bertz CT molecular complexity index is 900. The minimum Gasteiger partial charge on any atom is -0.466 e. The minimum absolute atomic E-state index is 0.0514. The Kier molecular flexibility index (Phi) is 4.62. The van der Waals surface area contributed by atoms with Gasteiger partial charge in [0, 0.05) is 16.8 Å². The summed E-state index contributed by atoms with van der Waals surface area (Å²) in [6.45, 7) is 2.02. The highest BCUT2D eigenvalue weighted by Crippen LogP contribution is 2.22. The Hall–Kier alpha value is -2.66. The van der Waals surface area contributed by atoms with Gasteiger partial charge in [0.05, 0.1) is 29.8 Å².